The number of nitrogens with one attached hydrogen (secondary N) is 1. The molecule has 1 unspecified atom stereocenters. The van der Waals surface area contributed by atoms with E-state index in [0.29, 0.717) is 5.56 Å². The van der Waals surface area contributed by atoms with Crippen LogP contribution in [0.25, 0.3) is 0 Å². The average Bonchev–Trinajstić information content (AvgIpc) is 2.18. The maximum atomic E-state index is 11.3. The Morgan fingerprint density at radius 1 is 1.27 bits per heavy atom. The highest BCUT2D eigenvalue weighted by Gasteiger charge is 2.16. The SMILES string of the molecule is Cc1ccc(C(=O)NC(O)C(=O)O)cc1. The number of amides is 1. The summed E-state index contributed by atoms with van der Waals surface area (Å²) < 4.78 is 0. The van der Waals surface area contributed by atoms with Gasteiger partial charge in [0.25, 0.3) is 5.91 Å². The monoisotopic (exact) mass is 209 g/mol. The minimum atomic E-state index is -1.88. The van der Waals surface area contributed by atoms with Gasteiger partial charge in [-0.1, -0.05) is 17.7 Å². The molecule has 0 fully saturated rings. The molecule has 3 N–H and O–H groups in total. The number of aryl methyl sites for hydroxylation is 1. The molecule has 5 nitrogen and oxygen atoms in total. The number of hydrogen-bond donors (Lipinski definition) is 3. The first kappa shape index (κ1) is 11.2. The molecule has 0 bridgehead atoms. The van der Waals surface area contributed by atoms with E-state index in [9.17, 15) is 9.59 Å². The van der Waals surface area contributed by atoms with Gasteiger partial charge in [-0.05, 0) is 19.1 Å². The highest BCUT2D eigenvalue weighted by molar-refractivity contribution is 5.96. The third-order valence-electron chi connectivity index (χ3n) is 1.82. The van der Waals surface area contributed by atoms with Gasteiger partial charge in [0.2, 0.25) is 6.23 Å². The van der Waals surface area contributed by atoms with Crippen LogP contribution in [0, 0.1) is 6.92 Å². The summed E-state index contributed by atoms with van der Waals surface area (Å²) in [5, 5.41) is 19.2. The van der Waals surface area contributed by atoms with Crippen LogP contribution in [-0.4, -0.2) is 28.3 Å². The predicted molar refractivity (Wildman–Crippen MR) is 52.3 cm³/mol. The predicted octanol–water partition coefficient (Wildman–Crippen LogP) is 0.128. The first-order valence-electron chi connectivity index (χ1n) is 4.29. The van der Waals surface area contributed by atoms with Crippen molar-refractivity contribution in [2.45, 2.75) is 13.2 Å². The van der Waals surface area contributed by atoms with Gasteiger partial charge in [-0.25, -0.2) is 4.79 Å². The molecule has 1 aromatic rings. The van der Waals surface area contributed by atoms with Gasteiger partial charge < -0.3 is 15.5 Å². The maximum Gasteiger partial charge on any atom is 0.353 e. The lowest BCUT2D eigenvalue weighted by atomic mass is 10.1. The molecule has 0 aliphatic heterocycles. The quantitative estimate of drug-likeness (QED) is 0.617. The van der Waals surface area contributed by atoms with Gasteiger partial charge in [0.1, 0.15) is 0 Å². The Kier molecular flexibility index (Phi) is 3.41. The Labute approximate surface area is 86.4 Å². The van der Waals surface area contributed by atoms with Gasteiger partial charge in [0.15, 0.2) is 0 Å². The number of carbonyl (C=O) groups excluding carboxylic acids is 1. The summed E-state index contributed by atoms with van der Waals surface area (Å²) in [4.78, 5) is 21.6. The van der Waals surface area contributed by atoms with Gasteiger partial charge in [-0.15, -0.1) is 0 Å². The molecule has 1 rings (SSSR count). The Morgan fingerprint density at radius 3 is 2.27 bits per heavy atom. The Hall–Kier alpha value is -1.88. The summed E-state index contributed by atoms with van der Waals surface area (Å²) in [6.07, 6.45) is -1.88. The molecule has 0 aliphatic carbocycles. The van der Waals surface area contributed by atoms with Crippen molar-refractivity contribution in [2.24, 2.45) is 0 Å². The zero-order valence-electron chi connectivity index (χ0n) is 8.10. The number of aliphatic hydroxyl groups is 1. The van der Waals surface area contributed by atoms with Gasteiger partial charge in [0, 0.05) is 5.56 Å². The maximum absolute atomic E-state index is 11.3. The molecule has 1 atom stereocenters. The summed E-state index contributed by atoms with van der Waals surface area (Å²) in [6, 6.07) is 6.56. The fraction of sp³-hybridized carbons (Fsp3) is 0.200. The standard InChI is InChI=1S/C10H11NO4/c1-6-2-4-7(5-3-6)8(12)11-9(13)10(14)15/h2-5,9,13H,1H3,(H,11,12)(H,14,15). The summed E-state index contributed by atoms with van der Waals surface area (Å²) in [5.41, 5.74) is 1.30. The van der Waals surface area contributed by atoms with Crippen LogP contribution >= 0.6 is 0 Å². The number of hydrogen-bond acceptors (Lipinski definition) is 3. The minimum absolute atomic E-state index is 0.306. The van der Waals surface area contributed by atoms with Crippen molar-refractivity contribution in [1.82, 2.24) is 5.32 Å². The molecule has 0 radical (unpaired) electrons. The van der Waals surface area contributed by atoms with Crippen molar-refractivity contribution >= 4 is 11.9 Å². The third-order valence-corrected chi connectivity index (χ3v) is 1.82. The Balaban J connectivity index is 2.69. The van der Waals surface area contributed by atoms with Crippen molar-refractivity contribution in [3.8, 4) is 0 Å². The number of carboxylic acid groups (broad SMARTS) is 1. The molecule has 1 amide bonds. The van der Waals surface area contributed by atoms with E-state index in [0.717, 1.165) is 5.56 Å². The van der Waals surface area contributed by atoms with Gasteiger partial charge in [-0.2, -0.15) is 0 Å². The van der Waals surface area contributed by atoms with Crippen LogP contribution < -0.4 is 5.32 Å². The number of aliphatic hydroxyl groups excluding tert-OH is 1. The zero-order valence-corrected chi connectivity index (χ0v) is 8.10. The average molecular weight is 209 g/mol. The number of carbonyl (C=O) groups is 2. The minimum Gasteiger partial charge on any atom is -0.478 e. The largest absolute Gasteiger partial charge is 0.478 e. The van der Waals surface area contributed by atoms with Crippen molar-refractivity contribution in [2.75, 3.05) is 0 Å². The molecule has 0 spiro atoms. The zero-order chi connectivity index (χ0) is 11.4. The molecule has 0 saturated heterocycles. The summed E-state index contributed by atoms with van der Waals surface area (Å²) in [5.74, 6) is -2.11. The fourth-order valence-electron chi connectivity index (χ4n) is 0.974. The third kappa shape index (κ3) is 3.07. The number of aliphatic carboxylic acids is 1. The molecular formula is C10H11NO4. The number of benzene rings is 1. The van der Waals surface area contributed by atoms with Crippen LogP contribution in [0.5, 0.6) is 0 Å². The summed E-state index contributed by atoms with van der Waals surface area (Å²) in [6.45, 7) is 1.87. The van der Waals surface area contributed by atoms with Crippen LogP contribution in [0.2, 0.25) is 0 Å². The first-order chi connectivity index (χ1) is 7.00. The van der Waals surface area contributed by atoms with Crippen molar-refractivity contribution < 1.29 is 19.8 Å². The van der Waals surface area contributed by atoms with Crippen LogP contribution in [0.15, 0.2) is 24.3 Å². The Morgan fingerprint density at radius 2 is 1.80 bits per heavy atom. The van der Waals surface area contributed by atoms with Gasteiger partial charge in [-0.3, -0.25) is 4.79 Å². The molecule has 80 valence electrons. The molecule has 15 heavy (non-hydrogen) atoms. The van der Waals surface area contributed by atoms with E-state index < -0.39 is 18.1 Å². The van der Waals surface area contributed by atoms with E-state index >= 15 is 0 Å². The molecule has 0 saturated carbocycles. The van der Waals surface area contributed by atoms with E-state index in [-0.39, 0.29) is 0 Å². The Bertz CT molecular complexity index is 372. The van der Waals surface area contributed by atoms with Crippen molar-refractivity contribution in [3.05, 3.63) is 35.4 Å². The lowest BCUT2D eigenvalue weighted by Gasteiger charge is -2.08. The van der Waals surface area contributed by atoms with Crippen LogP contribution in [0.4, 0.5) is 0 Å². The second kappa shape index (κ2) is 4.56. The van der Waals surface area contributed by atoms with Crippen LogP contribution in [0.1, 0.15) is 15.9 Å². The van der Waals surface area contributed by atoms with E-state index in [4.69, 9.17) is 10.2 Å². The van der Waals surface area contributed by atoms with E-state index in [1.54, 1.807) is 24.3 Å². The van der Waals surface area contributed by atoms with E-state index in [1.165, 1.54) is 0 Å². The normalized spacial score (nSPS) is 11.9. The lowest BCUT2D eigenvalue weighted by Crippen LogP contribution is -2.40. The number of carboxylic acids is 1. The van der Waals surface area contributed by atoms with E-state index in [1.807, 2.05) is 12.2 Å². The highest BCUT2D eigenvalue weighted by Crippen LogP contribution is 2.02. The molecular weight excluding hydrogens is 198 g/mol. The van der Waals surface area contributed by atoms with Crippen LogP contribution in [0.3, 0.4) is 0 Å². The second-order valence-corrected chi connectivity index (χ2v) is 3.08. The van der Waals surface area contributed by atoms with Gasteiger partial charge in [0.05, 0.1) is 0 Å². The molecule has 0 aromatic heterocycles. The van der Waals surface area contributed by atoms with Crippen molar-refractivity contribution in [1.29, 1.82) is 0 Å². The van der Waals surface area contributed by atoms with Crippen molar-refractivity contribution in [3.63, 3.8) is 0 Å². The summed E-state index contributed by atoms with van der Waals surface area (Å²) in [7, 11) is 0. The first-order valence-corrected chi connectivity index (χ1v) is 4.29. The molecule has 5 heteroatoms. The molecule has 1 aromatic carbocycles. The fourth-order valence-corrected chi connectivity index (χ4v) is 0.974. The number of rotatable bonds is 3. The summed E-state index contributed by atoms with van der Waals surface area (Å²) >= 11 is 0. The lowest BCUT2D eigenvalue weighted by molar-refractivity contribution is -0.147. The second-order valence-electron chi connectivity index (χ2n) is 3.08. The van der Waals surface area contributed by atoms with Crippen LogP contribution in [-0.2, 0) is 4.79 Å². The van der Waals surface area contributed by atoms with Gasteiger partial charge >= 0.3 is 5.97 Å². The molecule has 0 heterocycles. The topological polar surface area (TPSA) is 86.6 Å². The molecule has 0 aliphatic rings. The smallest absolute Gasteiger partial charge is 0.353 e. The highest BCUT2D eigenvalue weighted by atomic mass is 16.4. The van der Waals surface area contributed by atoms with E-state index in [2.05, 4.69) is 0 Å².